The molecule has 34 heavy (non-hydrogen) atoms. The SMILES string of the molecule is CC(C)c1ccc(NC(=O)C2(c3ccc(O)c(O)c3)CC2)cc1-c1cccc(C(=O)N(C)C)c1. The van der Waals surface area contributed by atoms with Crippen LogP contribution in [0.15, 0.2) is 60.7 Å². The van der Waals surface area contributed by atoms with E-state index in [4.69, 9.17) is 0 Å². The van der Waals surface area contributed by atoms with Crippen molar-refractivity contribution in [2.45, 2.75) is 38.0 Å². The Morgan fingerprint density at radius 2 is 1.68 bits per heavy atom. The van der Waals surface area contributed by atoms with Crippen LogP contribution in [0.2, 0.25) is 0 Å². The van der Waals surface area contributed by atoms with E-state index in [-0.39, 0.29) is 29.2 Å². The van der Waals surface area contributed by atoms with Gasteiger partial charge < -0.3 is 20.4 Å². The Kier molecular flexibility index (Phi) is 6.09. The minimum atomic E-state index is -0.708. The summed E-state index contributed by atoms with van der Waals surface area (Å²) in [6.45, 7) is 4.23. The summed E-state index contributed by atoms with van der Waals surface area (Å²) in [7, 11) is 3.46. The molecule has 3 aromatic carbocycles. The van der Waals surface area contributed by atoms with Crippen LogP contribution >= 0.6 is 0 Å². The number of aromatic hydroxyl groups is 2. The first-order valence-electron chi connectivity index (χ1n) is 11.4. The zero-order valence-electron chi connectivity index (χ0n) is 19.9. The number of carbonyl (C=O) groups excluding carboxylic acids is 2. The fourth-order valence-corrected chi connectivity index (χ4v) is 4.31. The minimum Gasteiger partial charge on any atom is -0.504 e. The number of hydrogen-bond donors (Lipinski definition) is 3. The molecule has 0 saturated heterocycles. The van der Waals surface area contributed by atoms with Crippen molar-refractivity contribution in [1.82, 2.24) is 4.90 Å². The van der Waals surface area contributed by atoms with Crippen molar-refractivity contribution in [2.24, 2.45) is 0 Å². The molecule has 0 atom stereocenters. The van der Waals surface area contributed by atoms with Gasteiger partial charge in [0.25, 0.3) is 5.91 Å². The number of anilines is 1. The highest BCUT2D eigenvalue weighted by Crippen LogP contribution is 2.50. The van der Waals surface area contributed by atoms with E-state index in [9.17, 15) is 19.8 Å². The monoisotopic (exact) mass is 458 g/mol. The van der Waals surface area contributed by atoms with E-state index in [1.54, 1.807) is 31.1 Å². The number of benzene rings is 3. The van der Waals surface area contributed by atoms with E-state index >= 15 is 0 Å². The third kappa shape index (κ3) is 4.36. The lowest BCUT2D eigenvalue weighted by atomic mass is 9.90. The van der Waals surface area contributed by atoms with Crippen LogP contribution in [-0.2, 0) is 10.2 Å². The van der Waals surface area contributed by atoms with E-state index < -0.39 is 5.41 Å². The molecule has 1 fully saturated rings. The van der Waals surface area contributed by atoms with Gasteiger partial charge in [0.15, 0.2) is 11.5 Å². The van der Waals surface area contributed by atoms with Crippen LogP contribution in [0.5, 0.6) is 11.5 Å². The van der Waals surface area contributed by atoms with E-state index in [2.05, 4.69) is 19.2 Å². The molecule has 0 aromatic heterocycles. The maximum Gasteiger partial charge on any atom is 0.253 e. The summed E-state index contributed by atoms with van der Waals surface area (Å²) >= 11 is 0. The van der Waals surface area contributed by atoms with Gasteiger partial charge in [0, 0.05) is 25.3 Å². The van der Waals surface area contributed by atoms with Gasteiger partial charge in [0.2, 0.25) is 5.91 Å². The van der Waals surface area contributed by atoms with Crippen molar-refractivity contribution >= 4 is 17.5 Å². The number of nitrogens with zero attached hydrogens (tertiary/aromatic N) is 1. The van der Waals surface area contributed by atoms with E-state index in [0.29, 0.717) is 29.7 Å². The average molecular weight is 459 g/mol. The van der Waals surface area contributed by atoms with Crippen LogP contribution in [0.3, 0.4) is 0 Å². The molecular weight excluding hydrogens is 428 g/mol. The number of amides is 2. The van der Waals surface area contributed by atoms with Gasteiger partial charge in [-0.25, -0.2) is 0 Å². The Morgan fingerprint density at radius 1 is 0.941 bits per heavy atom. The molecule has 0 unspecified atom stereocenters. The first-order chi connectivity index (χ1) is 16.1. The zero-order valence-corrected chi connectivity index (χ0v) is 19.9. The fraction of sp³-hybridized carbons (Fsp3) is 0.286. The van der Waals surface area contributed by atoms with Gasteiger partial charge in [-0.15, -0.1) is 0 Å². The van der Waals surface area contributed by atoms with Crippen LogP contribution in [-0.4, -0.2) is 41.0 Å². The number of carbonyl (C=O) groups is 2. The Balaban J connectivity index is 1.67. The molecule has 3 aromatic rings. The highest BCUT2D eigenvalue weighted by Gasteiger charge is 2.51. The highest BCUT2D eigenvalue weighted by molar-refractivity contribution is 6.02. The Hall–Kier alpha value is -3.80. The lowest BCUT2D eigenvalue weighted by Gasteiger charge is -2.19. The van der Waals surface area contributed by atoms with E-state index in [1.165, 1.54) is 12.1 Å². The molecule has 176 valence electrons. The summed E-state index contributed by atoms with van der Waals surface area (Å²) in [5.74, 6) is -0.388. The summed E-state index contributed by atoms with van der Waals surface area (Å²) < 4.78 is 0. The molecule has 0 heterocycles. The largest absolute Gasteiger partial charge is 0.504 e. The molecule has 3 N–H and O–H groups in total. The molecule has 2 amide bonds. The number of phenols is 2. The van der Waals surface area contributed by atoms with Crippen molar-refractivity contribution in [1.29, 1.82) is 0 Å². The van der Waals surface area contributed by atoms with Crippen LogP contribution < -0.4 is 5.32 Å². The quantitative estimate of drug-likeness (QED) is 0.440. The standard InChI is InChI=1S/C28H30N2O4/c1-17(2)22-10-9-21(16-23(22)18-6-5-7-19(14-18)26(33)30(3)4)29-27(34)28(12-13-28)20-8-11-24(31)25(32)15-20/h5-11,14-17,31-32H,12-13H2,1-4H3,(H,29,34). The lowest BCUT2D eigenvalue weighted by molar-refractivity contribution is -0.118. The number of rotatable bonds is 6. The molecule has 1 aliphatic rings. The predicted octanol–water partition coefficient (Wildman–Crippen LogP) is 5.26. The third-order valence-electron chi connectivity index (χ3n) is 6.47. The van der Waals surface area contributed by atoms with Gasteiger partial charge in [-0.05, 0) is 77.4 Å². The Labute approximate surface area is 199 Å². The normalized spacial score (nSPS) is 14.0. The molecule has 6 nitrogen and oxygen atoms in total. The second kappa shape index (κ2) is 8.86. The fourth-order valence-electron chi connectivity index (χ4n) is 4.31. The Morgan fingerprint density at radius 3 is 2.29 bits per heavy atom. The highest BCUT2D eigenvalue weighted by atomic mass is 16.3. The second-order valence-electron chi connectivity index (χ2n) is 9.48. The van der Waals surface area contributed by atoms with Gasteiger partial charge >= 0.3 is 0 Å². The van der Waals surface area contributed by atoms with Gasteiger partial charge in [0.05, 0.1) is 5.41 Å². The molecule has 4 rings (SSSR count). The topological polar surface area (TPSA) is 89.9 Å². The van der Waals surface area contributed by atoms with Gasteiger partial charge in [-0.2, -0.15) is 0 Å². The lowest BCUT2D eigenvalue weighted by Crippen LogP contribution is -2.27. The van der Waals surface area contributed by atoms with Gasteiger partial charge in [0.1, 0.15) is 0 Å². The molecule has 0 radical (unpaired) electrons. The smallest absolute Gasteiger partial charge is 0.253 e. The van der Waals surface area contributed by atoms with Crippen molar-refractivity contribution < 1.29 is 19.8 Å². The van der Waals surface area contributed by atoms with Crippen molar-refractivity contribution in [3.8, 4) is 22.6 Å². The van der Waals surface area contributed by atoms with Crippen LogP contribution in [0.25, 0.3) is 11.1 Å². The number of phenolic OH excluding ortho intramolecular Hbond substituents is 2. The van der Waals surface area contributed by atoms with Gasteiger partial charge in [-0.3, -0.25) is 9.59 Å². The maximum absolute atomic E-state index is 13.3. The summed E-state index contributed by atoms with van der Waals surface area (Å²) in [4.78, 5) is 27.3. The Bertz CT molecular complexity index is 1260. The molecule has 6 heteroatoms. The second-order valence-corrected chi connectivity index (χ2v) is 9.48. The van der Waals surface area contributed by atoms with Crippen LogP contribution in [0.4, 0.5) is 5.69 Å². The predicted molar refractivity (Wildman–Crippen MR) is 133 cm³/mol. The summed E-state index contributed by atoms with van der Waals surface area (Å²) in [6.07, 6.45) is 1.35. The number of nitrogens with one attached hydrogen (secondary N) is 1. The van der Waals surface area contributed by atoms with Crippen LogP contribution in [0, 0.1) is 0 Å². The first-order valence-corrected chi connectivity index (χ1v) is 11.4. The molecule has 1 saturated carbocycles. The minimum absolute atomic E-state index is 0.0646. The van der Waals surface area contributed by atoms with E-state index in [0.717, 1.165) is 16.7 Å². The number of hydrogen-bond acceptors (Lipinski definition) is 4. The van der Waals surface area contributed by atoms with Crippen LogP contribution in [0.1, 0.15) is 54.1 Å². The van der Waals surface area contributed by atoms with Crippen molar-refractivity contribution in [3.05, 3.63) is 77.4 Å². The molecular formula is C28H30N2O4. The third-order valence-corrected chi connectivity index (χ3v) is 6.47. The average Bonchev–Trinajstić information content (AvgIpc) is 3.62. The van der Waals surface area contributed by atoms with Crippen molar-refractivity contribution in [3.63, 3.8) is 0 Å². The zero-order chi connectivity index (χ0) is 24.6. The molecule has 0 spiro atoms. The molecule has 0 bridgehead atoms. The maximum atomic E-state index is 13.3. The summed E-state index contributed by atoms with van der Waals surface area (Å²) in [5.41, 5.74) is 4.26. The van der Waals surface area contributed by atoms with E-state index in [1.807, 2.05) is 36.4 Å². The first kappa shape index (κ1) is 23.4. The van der Waals surface area contributed by atoms with Crippen molar-refractivity contribution in [2.75, 3.05) is 19.4 Å². The summed E-state index contributed by atoms with van der Waals surface area (Å²) in [5, 5.41) is 22.6. The van der Waals surface area contributed by atoms with Gasteiger partial charge in [-0.1, -0.05) is 38.1 Å². The molecule has 1 aliphatic carbocycles. The summed E-state index contributed by atoms with van der Waals surface area (Å²) in [6, 6.07) is 18.0. The molecule has 0 aliphatic heterocycles.